The third-order valence-corrected chi connectivity index (χ3v) is 4.38. The molecule has 1 fully saturated rings. The van der Waals surface area contributed by atoms with Gasteiger partial charge in [0.25, 0.3) is 0 Å². The lowest BCUT2D eigenvalue weighted by Gasteiger charge is -2.33. The molecule has 0 radical (unpaired) electrons. The number of carbonyl (C=O) groups excluding carboxylic acids is 1. The Morgan fingerprint density at radius 2 is 1.80 bits per heavy atom. The SMILES string of the molecule is CCS(=O)(=O)N1CCN(C(=O)NC)CC1. The van der Waals surface area contributed by atoms with Crippen LogP contribution in [0.25, 0.3) is 0 Å². The van der Waals surface area contributed by atoms with E-state index in [1.807, 2.05) is 0 Å². The monoisotopic (exact) mass is 235 g/mol. The zero-order valence-corrected chi connectivity index (χ0v) is 9.88. The Hall–Kier alpha value is -0.820. The van der Waals surface area contributed by atoms with Crippen LogP contribution in [0.3, 0.4) is 0 Å². The van der Waals surface area contributed by atoms with Gasteiger partial charge in [-0.1, -0.05) is 0 Å². The first-order chi connectivity index (χ1) is 7.01. The Bertz CT molecular complexity index is 320. The second kappa shape index (κ2) is 4.80. The van der Waals surface area contributed by atoms with Gasteiger partial charge < -0.3 is 10.2 Å². The van der Waals surface area contributed by atoms with E-state index >= 15 is 0 Å². The fourth-order valence-electron chi connectivity index (χ4n) is 1.51. The van der Waals surface area contributed by atoms with E-state index in [1.165, 1.54) is 4.31 Å². The highest BCUT2D eigenvalue weighted by atomic mass is 32.2. The van der Waals surface area contributed by atoms with Gasteiger partial charge in [0, 0.05) is 33.2 Å². The van der Waals surface area contributed by atoms with Crippen molar-refractivity contribution in [2.75, 3.05) is 39.0 Å². The molecule has 2 amide bonds. The first-order valence-corrected chi connectivity index (χ1v) is 6.56. The van der Waals surface area contributed by atoms with Crippen LogP contribution in [0, 0.1) is 0 Å². The van der Waals surface area contributed by atoms with Crippen molar-refractivity contribution in [2.45, 2.75) is 6.92 Å². The molecule has 1 saturated heterocycles. The summed E-state index contributed by atoms with van der Waals surface area (Å²) in [6.07, 6.45) is 0. The average molecular weight is 235 g/mol. The van der Waals surface area contributed by atoms with Gasteiger partial charge >= 0.3 is 6.03 Å². The van der Waals surface area contributed by atoms with Crippen LogP contribution < -0.4 is 5.32 Å². The standard InChI is InChI=1S/C8H17N3O3S/c1-3-15(13,14)11-6-4-10(5-7-11)8(12)9-2/h3-7H2,1-2H3,(H,9,12). The molecule has 1 rings (SSSR count). The highest BCUT2D eigenvalue weighted by Crippen LogP contribution is 2.07. The lowest BCUT2D eigenvalue weighted by atomic mass is 10.4. The highest BCUT2D eigenvalue weighted by molar-refractivity contribution is 7.89. The topological polar surface area (TPSA) is 69.7 Å². The lowest BCUT2D eigenvalue weighted by molar-refractivity contribution is 0.174. The molecule has 1 aliphatic heterocycles. The number of carbonyl (C=O) groups is 1. The van der Waals surface area contributed by atoms with Gasteiger partial charge in [-0.15, -0.1) is 0 Å². The van der Waals surface area contributed by atoms with Gasteiger partial charge in [0.2, 0.25) is 10.0 Å². The maximum Gasteiger partial charge on any atom is 0.317 e. The van der Waals surface area contributed by atoms with Crippen LogP contribution in [-0.2, 0) is 10.0 Å². The Morgan fingerprint density at radius 3 is 2.20 bits per heavy atom. The van der Waals surface area contributed by atoms with E-state index in [2.05, 4.69) is 5.32 Å². The number of amides is 2. The van der Waals surface area contributed by atoms with E-state index in [-0.39, 0.29) is 11.8 Å². The van der Waals surface area contributed by atoms with Crippen LogP contribution in [0.15, 0.2) is 0 Å². The minimum Gasteiger partial charge on any atom is -0.341 e. The number of nitrogens with zero attached hydrogens (tertiary/aromatic N) is 2. The number of sulfonamides is 1. The molecule has 1 N–H and O–H groups in total. The molecule has 0 saturated carbocycles. The molecule has 0 spiro atoms. The summed E-state index contributed by atoms with van der Waals surface area (Å²) in [6.45, 7) is 3.32. The van der Waals surface area contributed by atoms with Gasteiger partial charge in [-0.05, 0) is 6.92 Å². The van der Waals surface area contributed by atoms with Crippen LogP contribution in [0.2, 0.25) is 0 Å². The van der Waals surface area contributed by atoms with E-state index < -0.39 is 10.0 Å². The molecule has 1 aliphatic rings. The average Bonchev–Trinajstić information content (AvgIpc) is 2.28. The van der Waals surface area contributed by atoms with Crippen molar-refractivity contribution in [1.29, 1.82) is 0 Å². The Labute approximate surface area is 90.3 Å². The smallest absolute Gasteiger partial charge is 0.317 e. The van der Waals surface area contributed by atoms with Crippen molar-refractivity contribution >= 4 is 16.1 Å². The Balaban J connectivity index is 2.53. The first kappa shape index (κ1) is 12.3. The predicted molar refractivity (Wildman–Crippen MR) is 57.1 cm³/mol. The third-order valence-electron chi connectivity index (χ3n) is 2.50. The molecule has 0 aliphatic carbocycles. The first-order valence-electron chi connectivity index (χ1n) is 4.95. The van der Waals surface area contributed by atoms with Crippen LogP contribution >= 0.6 is 0 Å². The summed E-state index contributed by atoms with van der Waals surface area (Å²) in [7, 11) is -1.54. The second-order valence-electron chi connectivity index (χ2n) is 3.34. The van der Waals surface area contributed by atoms with Gasteiger partial charge in [0.05, 0.1) is 5.75 Å². The third kappa shape index (κ3) is 2.82. The highest BCUT2D eigenvalue weighted by Gasteiger charge is 2.26. The number of urea groups is 1. The van der Waals surface area contributed by atoms with Gasteiger partial charge in [0.15, 0.2) is 0 Å². The van der Waals surface area contributed by atoms with E-state index in [1.54, 1.807) is 18.9 Å². The Kier molecular flexibility index (Phi) is 3.92. The summed E-state index contributed by atoms with van der Waals surface area (Å²) in [6, 6.07) is -0.149. The maximum absolute atomic E-state index is 11.5. The van der Waals surface area contributed by atoms with Gasteiger partial charge in [-0.3, -0.25) is 0 Å². The minimum atomic E-state index is -3.10. The number of rotatable bonds is 2. The molecule has 0 unspecified atom stereocenters. The fourth-order valence-corrected chi connectivity index (χ4v) is 2.59. The summed E-state index contributed by atoms with van der Waals surface area (Å²) in [5, 5.41) is 2.52. The second-order valence-corrected chi connectivity index (χ2v) is 5.60. The summed E-state index contributed by atoms with van der Waals surface area (Å²) in [5.41, 5.74) is 0. The minimum absolute atomic E-state index is 0.118. The molecule has 7 heteroatoms. The number of hydrogen-bond acceptors (Lipinski definition) is 3. The molecule has 88 valence electrons. The van der Waals surface area contributed by atoms with Crippen LogP contribution in [0.4, 0.5) is 4.79 Å². The molecule has 0 aromatic heterocycles. The zero-order chi connectivity index (χ0) is 11.5. The maximum atomic E-state index is 11.5. The van der Waals surface area contributed by atoms with Crippen molar-refractivity contribution in [3.05, 3.63) is 0 Å². The van der Waals surface area contributed by atoms with E-state index in [9.17, 15) is 13.2 Å². The van der Waals surface area contributed by atoms with Gasteiger partial charge in [-0.2, -0.15) is 4.31 Å². The van der Waals surface area contributed by atoms with E-state index in [0.717, 1.165) is 0 Å². The molecule has 6 nitrogen and oxygen atoms in total. The number of nitrogens with one attached hydrogen (secondary N) is 1. The number of hydrogen-bond donors (Lipinski definition) is 1. The summed E-state index contributed by atoms with van der Waals surface area (Å²) in [4.78, 5) is 12.9. The normalized spacial score (nSPS) is 18.9. The Morgan fingerprint density at radius 1 is 1.27 bits per heavy atom. The van der Waals surface area contributed by atoms with Crippen molar-refractivity contribution in [1.82, 2.24) is 14.5 Å². The summed E-state index contributed by atoms with van der Waals surface area (Å²) >= 11 is 0. The van der Waals surface area contributed by atoms with Gasteiger partial charge in [-0.25, -0.2) is 13.2 Å². The van der Waals surface area contributed by atoms with Crippen molar-refractivity contribution in [2.24, 2.45) is 0 Å². The lowest BCUT2D eigenvalue weighted by Crippen LogP contribution is -2.52. The number of piperazine rings is 1. The van der Waals surface area contributed by atoms with Crippen molar-refractivity contribution in [3.8, 4) is 0 Å². The predicted octanol–water partition coefficient (Wildman–Crippen LogP) is -0.707. The summed E-state index contributed by atoms with van der Waals surface area (Å²) < 4.78 is 24.5. The molecular formula is C8H17N3O3S. The fraction of sp³-hybridized carbons (Fsp3) is 0.875. The van der Waals surface area contributed by atoms with E-state index in [0.29, 0.717) is 26.2 Å². The quantitative estimate of drug-likeness (QED) is 0.687. The zero-order valence-electron chi connectivity index (χ0n) is 9.06. The largest absolute Gasteiger partial charge is 0.341 e. The van der Waals surface area contributed by atoms with E-state index in [4.69, 9.17) is 0 Å². The molecule has 0 atom stereocenters. The molecule has 1 heterocycles. The molecule has 0 aromatic carbocycles. The van der Waals surface area contributed by atoms with Crippen LogP contribution in [0.1, 0.15) is 6.92 Å². The van der Waals surface area contributed by atoms with Gasteiger partial charge in [0.1, 0.15) is 0 Å². The molecular weight excluding hydrogens is 218 g/mol. The van der Waals surface area contributed by atoms with Crippen LogP contribution in [0.5, 0.6) is 0 Å². The molecule has 15 heavy (non-hydrogen) atoms. The summed E-state index contributed by atoms with van der Waals surface area (Å²) in [5.74, 6) is 0.118. The molecule has 0 bridgehead atoms. The van der Waals surface area contributed by atoms with Crippen LogP contribution in [-0.4, -0.2) is 62.6 Å². The van der Waals surface area contributed by atoms with Crippen molar-refractivity contribution in [3.63, 3.8) is 0 Å². The van der Waals surface area contributed by atoms with Crippen molar-refractivity contribution < 1.29 is 13.2 Å². The molecule has 0 aromatic rings.